The summed E-state index contributed by atoms with van der Waals surface area (Å²) < 4.78 is 12.1. The third-order valence-electron chi connectivity index (χ3n) is 5.92. The molecule has 0 radical (unpaired) electrons. The molecular weight excluding hydrogens is 474 g/mol. The van der Waals surface area contributed by atoms with Crippen LogP contribution in [0.1, 0.15) is 47.7 Å². The number of carboxylic acids is 1. The number of pyridine rings is 1. The van der Waals surface area contributed by atoms with Crippen LogP contribution < -0.4 is 15.0 Å². The lowest BCUT2D eigenvalue weighted by Crippen LogP contribution is -2.29. The molecule has 0 aliphatic carbocycles. The average molecular weight is 500 g/mol. The first kappa shape index (κ1) is 23.6. The van der Waals surface area contributed by atoms with Crippen molar-refractivity contribution >= 4 is 29.0 Å². The number of aromatic nitrogens is 1. The van der Waals surface area contributed by atoms with Gasteiger partial charge in [-0.25, -0.2) is 4.79 Å². The number of thiocarbonyl (C=S) groups is 1. The summed E-state index contributed by atoms with van der Waals surface area (Å²) in [6, 6.07) is 23.5. The Labute approximate surface area is 214 Å². The highest BCUT2D eigenvalue weighted by Gasteiger charge is 2.42. The molecule has 7 nitrogen and oxygen atoms in total. The third kappa shape index (κ3) is 4.67. The minimum atomic E-state index is -0.967. The van der Waals surface area contributed by atoms with Gasteiger partial charge in [-0.3, -0.25) is 4.98 Å². The van der Waals surface area contributed by atoms with Gasteiger partial charge < -0.3 is 24.5 Å². The maximum Gasteiger partial charge on any atom is 0.335 e. The van der Waals surface area contributed by atoms with E-state index < -0.39 is 5.97 Å². The number of rotatable bonds is 7. The van der Waals surface area contributed by atoms with Crippen LogP contribution in [-0.2, 0) is 0 Å². The van der Waals surface area contributed by atoms with E-state index in [1.165, 1.54) is 0 Å². The van der Waals surface area contributed by atoms with E-state index >= 15 is 0 Å². The second-order valence-electron chi connectivity index (χ2n) is 8.74. The molecule has 8 heteroatoms. The Hall–Kier alpha value is -4.17. The molecule has 182 valence electrons. The molecule has 2 aromatic heterocycles. The number of anilines is 1. The van der Waals surface area contributed by atoms with Gasteiger partial charge in [-0.2, -0.15) is 0 Å². The zero-order valence-electron chi connectivity index (χ0n) is 19.8. The second kappa shape index (κ2) is 9.83. The topological polar surface area (TPSA) is 87.8 Å². The van der Waals surface area contributed by atoms with Crippen LogP contribution in [0.5, 0.6) is 5.75 Å². The molecule has 1 aliphatic rings. The van der Waals surface area contributed by atoms with E-state index in [9.17, 15) is 9.90 Å². The molecule has 1 aliphatic heterocycles. The summed E-state index contributed by atoms with van der Waals surface area (Å²) in [4.78, 5) is 17.8. The molecule has 0 saturated carbocycles. The van der Waals surface area contributed by atoms with Crippen molar-refractivity contribution in [2.24, 2.45) is 0 Å². The zero-order chi connectivity index (χ0) is 25.2. The number of hydrogen-bond donors (Lipinski definition) is 2. The Kier molecular flexibility index (Phi) is 6.43. The largest absolute Gasteiger partial charge is 0.491 e. The van der Waals surface area contributed by atoms with Gasteiger partial charge in [-0.05, 0) is 86.7 Å². The highest BCUT2D eigenvalue weighted by Crippen LogP contribution is 2.43. The first-order valence-electron chi connectivity index (χ1n) is 11.6. The zero-order valence-corrected chi connectivity index (χ0v) is 20.6. The number of benzene rings is 2. The maximum absolute atomic E-state index is 11.2. The Morgan fingerprint density at radius 3 is 2.44 bits per heavy atom. The van der Waals surface area contributed by atoms with E-state index in [1.54, 1.807) is 30.5 Å². The lowest BCUT2D eigenvalue weighted by Gasteiger charge is -2.26. The molecule has 2 N–H and O–H groups in total. The van der Waals surface area contributed by atoms with Crippen molar-refractivity contribution in [1.29, 1.82) is 0 Å². The number of ether oxygens (including phenoxy) is 1. The summed E-state index contributed by atoms with van der Waals surface area (Å²) in [6.45, 7) is 3.98. The number of aromatic carboxylic acids is 1. The molecule has 0 bridgehead atoms. The van der Waals surface area contributed by atoms with Gasteiger partial charge in [0.2, 0.25) is 0 Å². The molecule has 3 heterocycles. The first-order valence-corrected chi connectivity index (χ1v) is 12.0. The van der Waals surface area contributed by atoms with Crippen LogP contribution in [0.2, 0.25) is 0 Å². The van der Waals surface area contributed by atoms with Gasteiger partial charge in [0, 0.05) is 17.4 Å². The predicted molar refractivity (Wildman–Crippen MR) is 141 cm³/mol. The summed E-state index contributed by atoms with van der Waals surface area (Å²) in [5.74, 6) is 1.17. The van der Waals surface area contributed by atoms with Gasteiger partial charge in [0.05, 0.1) is 23.4 Å². The number of nitrogens with zero attached hydrogens (tertiary/aromatic N) is 2. The quantitative estimate of drug-likeness (QED) is 0.299. The van der Waals surface area contributed by atoms with Crippen LogP contribution in [0.4, 0.5) is 5.69 Å². The van der Waals surface area contributed by atoms with Crippen molar-refractivity contribution in [3.8, 4) is 17.1 Å². The fourth-order valence-electron chi connectivity index (χ4n) is 4.32. The van der Waals surface area contributed by atoms with Crippen molar-refractivity contribution in [2.75, 3.05) is 4.90 Å². The van der Waals surface area contributed by atoms with Crippen LogP contribution in [0.25, 0.3) is 11.3 Å². The van der Waals surface area contributed by atoms with E-state index in [2.05, 4.69) is 10.3 Å². The molecule has 2 aromatic carbocycles. The van der Waals surface area contributed by atoms with Gasteiger partial charge in [-0.15, -0.1) is 0 Å². The van der Waals surface area contributed by atoms with E-state index in [1.807, 2.05) is 73.3 Å². The van der Waals surface area contributed by atoms with Gasteiger partial charge in [0.15, 0.2) is 5.11 Å². The smallest absolute Gasteiger partial charge is 0.335 e. The Bertz CT molecular complexity index is 1370. The SMILES string of the molecule is CC(C)Oc1ccc(N2C(=S)N[C@H](c3ccccn3)[C@@H]2c2ccc(-c3ccc(C(=O)O)cc3)o2)cc1. The first-order chi connectivity index (χ1) is 17.4. The fourth-order valence-corrected chi connectivity index (χ4v) is 4.67. The van der Waals surface area contributed by atoms with Gasteiger partial charge in [0.1, 0.15) is 23.3 Å². The molecule has 0 spiro atoms. The average Bonchev–Trinajstić information content (AvgIpc) is 3.49. The monoisotopic (exact) mass is 499 g/mol. The van der Waals surface area contributed by atoms with Crippen LogP contribution in [0, 0.1) is 0 Å². The van der Waals surface area contributed by atoms with Crippen LogP contribution in [-0.4, -0.2) is 27.3 Å². The summed E-state index contributed by atoms with van der Waals surface area (Å²) in [6.07, 6.45) is 1.84. The number of carbonyl (C=O) groups is 1. The van der Waals surface area contributed by atoms with E-state index in [-0.39, 0.29) is 23.8 Å². The lowest BCUT2D eigenvalue weighted by atomic mass is 10.0. The standard InChI is InChI=1S/C28H25N3O4S/c1-17(2)34-21-12-10-20(11-13-21)31-26(25(30-28(31)36)22-5-3-4-16-29-22)24-15-14-23(35-24)18-6-8-19(9-7-18)27(32)33/h3-17,25-26H,1-2H3,(H,30,36)(H,32,33)/t25-,26+/m1/s1. The van der Waals surface area contributed by atoms with Gasteiger partial charge >= 0.3 is 5.97 Å². The highest BCUT2D eigenvalue weighted by molar-refractivity contribution is 7.80. The predicted octanol–water partition coefficient (Wildman–Crippen LogP) is 6.00. The van der Waals surface area contributed by atoms with Crippen molar-refractivity contribution in [3.63, 3.8) is 0 Å². The van der Waals surface area contributed by atoms with Crippen molar-refractivity contribution in [3.05, 3.63) is 102 Å². The number of furan rings is 1. The molecular formula is C28H25N3O4S. The Balaban J connectivity index is 1.52. The molecule has 4 aromatic rings. The molecule has 5 rings (SSSR count). The maximum atomic E-state index is 11.2. The summed E-state index contributed by atoms with van der Waals surface area (Å²) in [5, 5.41) is 13.2. The van der Waals surface area contributed by atoms with E-state index in [4.69, 9.17) is 21.4 Å². The molecule has 1 fully saturated rings. The highest BCUT2D eigenvalue weighted by atomic mass is 32.1. The van der Waals surface area contributed by atoms with Crippen LogP contribution >= 0.6 is 12.2 Å². The van der Waals surface area contributed by atoms with Gasteiger partial charge in [0.25, 0.3) is 0 Å². The number of carboxylic acid groups (broad SMARTS) is 1. The molecule has 2 atom stereocenters. The normalized spacial score (nSPS) is 17.3. The molecule has 1 saturated heterocycles. The van der Waals surface area contributed by atoms with Gasteiger partial charge in [-0.1, -0.05) is 18.2 Å². The van der Waals surface area contributed by atoms with Crippen LogP contribution in [0.3, 0.4) is 0 Å². The second-order valence-corrected chi connectivity index (χ2v) is 9.13. The summed E-state index contributed by atoms with van der Waals surface area (Å²) in [7, 11) is 0. The van der Waals surface area contributed by atoms with E-state index in [0.717, 1.165) is 22.7 Å². The van der Waals surface area contributed by atoms with E-state index in [0.29, 0.717) is 16.6 Å². The molecule has 0 unspecified atom stereocenters. The Morgan fingerprint density at radius 2 is 1.81 bits per heavy atom. The fraction of sp³-hybridized carbons (Fsp3) is 0.179. The van der Waals surface area contributed by atoms with Crippen molar-refractivity contribution in [1.82, 2.24) is 10.3 Å². The van der Waals surface area contributed by atoms with Crippen LogP contribution in [0.15, 0.2) is 89.5 Å². The lowest BCUT2D eigenvalue weighted by molar-refractivity contribution is 0.0697. The Morgan fingerprint density at radius 1 is 1.06 bits per heavy atom. The number of hydrogen-bond acceptors (Lipinski definition) is 5. The summed E-state index contributed by atoms with van der Waals surface area (Å²) >= 11 is 5.78. The molecule has 36 heavy (non-hydrogen) atoms. The number of nitrogens with one attached hydrogen (secondary N) is 1. The molecule has 0 amide bonds. The minimum Gasteiger partial charge on any atom is -0.491 e. The minimum absolute atomic E-state index is 0.0813. The van der Waals surface area contributed by atoms with Crippen molar-refractivity contribution < 1.29 is 19.1 Å². The summed E-state index contributed by atoms with van der Waals surface area (Å²) in [5.41, 5.74) is 2.75. The third-order valence-corrected chi connectivity index (χ3v) is 6.23. The van der Waals surface area contributed by atoms with Crippen molar-refractivity contribution in [2.45, 2.75) is 32.0 Å².